The number of anilines is 2. The first kappa shape index (κ1) is 19.4. The number of alkyl halides is 3. The van der Waals surface area contributed by atoms with Crippen LogP contribution in [0.15, 0.2) is 60.9 Å². The molecule has 3 rings (SSSR count). The van der Waals surface area contributed by atoms with Crippen LogP contribution < -0.4 is 10.6 Å². The van der Waals surface area contributed by atoms with E-state index in [9.17, 15) is 18.0 Å². The molecule has 0 unspecified atom stereocenters. The predicted octanol–water partition coefficient (Wildman–Crippen LogP) is 4.93. The molecule has 0 fully saturated rings. The summed E-state index contributed by atoms with van der Waals surface area (Å²) in [7, 11) is 1.50. The second-order valence-electron chi connectivity index (χ2n) is 6.41. The van der Waals surface area contributed by atoms with Gasteiger partial charge in [-0.2, -0.15) is 13.2 Å². The average Bonchev–Trinajstić information content (AvgIpc) is 2.66. The van der Waals surface area contributed by atoms with Crippen LogP contribution in [0, 0.1) is 6.92 Å². The van der Waals surface area contributed by atoms with Crippen LogP contribution in [0.5, 0.6) is 0 Å². The van der Waals surface area contributed by atoms with Gasteiger partial charge in [0.2, 0.25) is 0 Å². The van der Waals surface area contributed by atoms with Gasteiger partial charge in [-0.1, -0.05) is 24.3 Å². The number of nitrogen functional groups attached to an aromatic ring is 1. The van der Waals surface area contributed by atoms with E-state index in [2.05, 4.69) is 4.98 Å². The number of nitrogens with two attached hydrogens (primary N) is 1. The van der Waals surface area contributed by atoms with Gasteiger partial charge in [0.25, 0.3) is 5.91 Å². The number of halogens is 3. The molecule has 1 aromatic heterocycles. The van der Waals surface area contributed by atoms with Crippen molar-refractivity contribution in [3.8, 4) is 11.1 Å². The summed E-state index contributed by atoms with van der Waals surface area (Å²) in [6.07, 6.45) is -1.48. The van der Waals surface area contributed by atoms with Gasteiger partial charge in [0.05, 0.1) is 17.4 Å². The zero-order chi connectivity index (χ0) is 20.5. The SMILES string of the molecule is Cc1ccccc1-c1ccncc1N(C)C(=O)c1cc(N)cc(C(F)(F)F)c1. The van der Waals surface area contributed by atoms with Gasteiger partial charge in [0.1, 0.15) is 0 Å². The van der Waals surface area contributed by atoms with E-state index in [0.29, 0.717) is 5.69 Å². The van der Waals surface area contributed by atoms with Crippen LogP contribution >= 0.6 is 0 Å². The van der Waals surface area contributed by atoms with E-state index in [1.165, 1.54) is 24.2 Å². The Hall–Kier alpha value is -3.35. The lowest BCUT2D eigenvalue weighted by Crippen LogP contribution is -2.27. The summed E-state index contributed by atoms with van der Waals surface area (Å²) >= 11 is 0. The monoisotopic (exact) mass is 385 g/mol. The summed E-state index contributed by atoms with van der Waals surface area (Å²) in [5, 5.41) is 0. The zero-order valence-corrected chi connectivity index (χ0v) is 15.3. The Labute approximate surface area is 160 Å². The maximum Gasteiger partial charge on any atom is 0.416 e. The minimum Gasteiger partial charge on any atom is -0.399 e. The van der Waals surface area contributed by atoms with E-state index in [1.807, 2.05) is 31.2 Å². The van der Waals surface area contributed by atoms with Crippen LogP contribution in [0.2, 0.25) is 0 Å². The number of rotatable bonds is 3. The van der Waals surface area contributed by atoms with E-state index < -0.39 is 17.6 Å². The number of pyridine rings is 1. The third-order valence-corrected chi connectivity index (χ3v) is 4.43. The van der Waals surface area contributed by atoms with E-state index in [4.69, 9.17) is 5.73 Å². The molecule has 0 spiro atoms. The van der Waals surface area contributed by atoms with Gasteiger partial charge >= 0.3 is 6.18 Å². The molecule has 0 saturated heterocycles. The quantitative estimate of drug-likeness (QED) is 0.650. The molecule has 3 aromatic rings. The molecule has 1 amide bonds. The van der Waals surface area contributed by atoms with Crippen molar-refractivity contribution in [3.05, 3.63) is 77.6 Å². The number of benzene rings is 2. The fourth-order valence-electron chi connectivity index (χ4n) is 3.00. The standard InChI is InChI=1S/C21H18F3N3O/c1-13-5-3-4-6-17(13)18-7-8-26-12-19(18)27(2)20(28)14-9-15(21(22,23)24)11-16(25)10-14/h3-12H,25H2,1-2H3. The van der Waals surface area contributed by atoms with Gasteiger partial charge < -0.3 is 10.6 Å². The van der Waals surface area contributed by atoms with E-state index in [1.54, 1.807) is 12.3 Å². The number of hydrogen-bond donors (Lipinski definition) is 1. The molecule has 2 aromatic carbocycles. The molecular formula is C21H18F3N3O. The van der Waals surface area contributed by atoms with Crippen molar-refractivity contribution < 1.29 is 18.0 Å². The minimum absolute atomic E-state index is 0.128. The molecule has 4 nitrogen and oxygen atoms in total. The Morgan fingerprint density at radius 2 is 1.79 bits per heavy atom. The Morgan fingerprint density at radius 3 is 2.46 bits per heavy atom. The first-order valence-corrected chi connectivity index (χ1v) is 8.44. The molecular weight excluding hydrogens is 367 g/mol. The molecule has 0 aliphatic heterocycles. The second-order valence-corrected chi connectivity index (χ2v) is 6.41. The third kappa shape index (κ3) is 3.83. The van der Waals surface area contributed by atoms with Crippen molar-refractivity contribution in [2.24, 2.45) is 0 Å². The van der Waals surface area contributed by atoms with Gasteiger partial charge in [-0.05, 0) is 42.3 Å². The van der Waals surface area contributed by atoms with Crippen LogP contribution in [0.1, 0.15) is 21.5 Å². The number of carbonyl (C=O) groups excluding carboxylic acids is 1. The molecule has 7 heteroatoms. The van der Waals surface area contributed by atoms with Crippen LogP contribution in [0.4, 0.5) is 24.5 Å². The largest absolute Gasteiger partial charge is 0.416 e. The summed E-state index contributed by atoms with van der Waals surface area (Å²) in [5.74, 6) is -0.611. The predicted molar refractivity (Wildman–Crippen MR) is 103 cm³/mol. The number of hydrogen-bond acceptors (Lipinski definition) is 3. The van der Waals surface area contributed by atoms with Gasteiger partial charge in [0, 0.05) is 30.1 Å². The van der Waals surface area contributed by atoms with Crippen LogP contribution in [0.25, 0.3) is 11.1 Å². The molecule has 28 heavy (non-hydrogen) atoms. The van der Waals surface area contributed by atoms with Crippen molar-refractivity contribution in [2.45, 2.75) is 13.1 Å². The first-order chi connectivity index (χ1) is 13.2. The maximum atomic E-state index is 13.1. The first-order valence-electron chi connectivity index (χ1n) is 8.44. The highest BCUT2D eigenvalue weighted by Gasteiger charge is 2.32. The molecule has 0 aliphatic carbocycles. The second kappa shape index (κ2) is 7.34. The Kier molecular flexibility index (Phi) is 5.09. The highest BCUT2D eigenvalue weighted by atomic mass is 19.4. The molecule has 1 heterocycles. The molecule has 144 valence electrons. The summed E-state index contributed by atoms with van der Waals surface area (Å²) < 4.78 is 39.2. The van der Waals surface area contributed by atoms with Crippen molar-refractivity contribution in [1.29, 1.82) is 0 Å². The fraction of sp³-hybridized carbons (Fsp3) is 0.143. The van der Waals surface area contributed by atoms with Crippen molar-refractivity contribution in [1.82, 2.24) is 4.98 Å². The van der Waals surface area contributed by atoms with Gasteiger partial charge in [-0.15, -0.1) is 0 Å². The molecule has 0 atom stereocenters. The van der Waals surface area contributed by atoms with Crippen molar-refractivity contribution in [2.75, 3.05) is 17.7 Å². The summed E-state index contributed by atoms with van der Waals surface area (Å²) in [6.45, 7) is 1.94. The molecule has 0 saturated carbocycles. The topological polar surface area (TPSA) is 59.2 Å². The lowest BCUT2D eigenvalue weighted by atomic mass is 9.99. The lowest BCUT2D eigenvalue weighted by Gasteiger charge is -2.22. The molecule has 0 aliphatic rings. The van der Waals surface area contributed by atoms with Crippen LogP contribution in [-0.2, 0) is 6.18 Å². The highest BCUT2D eigenvalue weighted by molar-refractivity contribution is 6.08. The van der Waals surface area contributed by atoms with Gasteiger partial charge in [0.15, 0.2) is 0 Å². The number of nitrogens with zero attached hydrogens (tertiary/aromatic N) is 2. The van der Waals surface area contributed by atoms with Gasteiger partial charge in [-0.25, -0.2) is 0 Å². The third-order valence-electron chi connectivity index (χ3n) is 4.43. The highest BCUT2D eigenvalue weighted by Crippen LogP contribution is 2.34. The molecule has 2 N–H and O–H groups in total. The maximum absolute atomic E-state index is 13.1. The normalized spacial score (nSPS) is 11.3. The zero-order valence-electron chi connectivity index (χ0n) is 15.3. The van der Waals surface area contributed by atoms with Crippen LogP contribution in [0.3, 0.4) is 0 Å². The molecule has 0 bridgehead atoms. The number of aromatic nitrogens is 1. The van der Waals surface area contributed by atoms with E-state index in [0.717, 1.165) is 28.8 Å². The Balaban J connectivity index is 2.05. The smallest absolute Gasteiger partial charge is 0.399 e. The Morgan fingerprint density at radius 1 is 1.07 bits per heavy atom. The fourth-order valence-corrected chi connectivity index (χ4v) is 3.00. The minimum atomic E-state index is -4.59. The number of amides is 1. The summed E-state index contributed by atoms with van der Waals surface area (Å²) in [4.78, 5) is 18.3. The van der Waals surface area contributed by atoms with E-state index >= 15 is 0 Å². The number of aryl methyl sites for hydroxylation is 1. The van der Waals surface area contributed by atoms with Crippen molar-refractivity contribution in [3.63, 3.8) is 0 Å². The summed E-state index contributed by atoms with van der Waals surface area (Å²) in [6, 6.07) is 12.2. The average molecular weight is 385 g/mol. The van der Waals surface area contributed by atoms with E-state index in [-0.39, 0.29) is 11.3 Å². The van der Waals surface area contributed by atoms with Gasteiger partial charge in [-0.3, -0.25) is 9.78 Å². The number of carbonyl (C=O) groups is 1. The Bertz CT molecular complexity index is 1030. The lowest BCUT2D eigenvalue weighted by molar-refractivity contribution is -0.137. The molecule has 0 radical (unpaired) electrons. The summed E-state index contributed by atoms with van der Waals surface area (Å²) in [5.41, 5.74) is 7.50. The van der Waals surface area contributed by atoms with Crippen molar-refractivity contribution >= 4 is 17.3 Å². The van der Waals surface area contributed by atoms with Crippen LogP contribution in [-0.4, -0.2) is 17.9 Å².